The van der Waals surface area contributed by atoms with Crippen molar-refractivity contribution in [2.45, 2.75) is 16.8 Å². The van der Waals surface area contributed by atoms with Gasteiger partial charge in [-0.1, -0.05) is 27.7 Å². The van der Waals surface area contributed by atoms with Gasteiger partial charge in [0.2, 0.25) is 5.91 Å². The van der Waals surface area contributed by atoms with Crippen LogP contribution >= 0.6 is 27.7 Å². The van der Waals surface area contributed by atoms with Gasteiger partial charge in [-0.15, -0.1) is 0 Å². The normalized spacial score (nSPS) is 17.1. The van der Waals surface area contributed by atoms with Gasteiger partial charge >= 0.3 is 0 Å². The summed E-state index contributed by atoms with van der Waals surface area (Å²) in [5, 5.41) is 6.67. The Morgan fingerprint density at radius 1 is 1.40 bits per heavy atom. The number of fused-ring (bicyclic) bond motifs is 1. The van der Waals surface area contributed by atoms with Crippen LogP contribution < -0.4 is 5.32 Å². The van der Waals surface area contributed by atoms with Gasteiger partial charge in [0.1, 0.15) is 11.6 Å². The maximum Gasteiger partial charge on any atom is 0.263 e. The van der Waals surface area contributed by atoms with Crippen LogP contribution in [0.2, 0.25) is 0 Å². The van der Waals surface area contributed by atoms with Gasteiger partial charge in [-0.25, -0.2) is 4.98 Å². The quantitative estimate of drug-likeness (QED) is 0.915. The van der Waals surface area contributed by atoms with Crippen molar-refractivity contribution in [3.63, 3.8) is 0 Å². The van der Waals surface area contributed by atoms with E-state index in [9.17, 15) is 9.59 Å². The number of hydrogen-bond acceptors (Lipinski definition) is 5. The maximum atomic E-state index is 11.9. The number of hydrogen-bond donors (Lipinski definition) is 1. The predicted molar refractivity (Wildman–Crippen MR) is 77.7 cm³/mol. The zero-order valence-corrected chi connectivity index (χ0v) is 12.5. The number of halogens is 1. The lowest BCUT2D eigenvalue weighted by Crippen LogP contribution is -2.24. The van der Waals surface area contributed by atoms with Crippen molar-refractivity contribution in [3.8, 4) is 0 Å². The molecule has 0 radical (unpaired) electrons. The third-order valence-electron chi connectivity index (χ3n) is 2.75. The first-order valence-electron chi connectivity index (χ1n) is 5.80. The fraction of sp³-hybridized carbons (Fsp3) is 0.167. The smallest absolute Gasteiger partial charge is 0.263 e. The van der Waals surface area contributed by atoms with Crippen LogP contribution in [0.5, 0.6) is 0 Å². The summed E-state index contributed by atoms with van der Waals surface area (Å²) in [6, 6.07) is 7.26. The molecule has 3 rings (SSSR count). The van der Waals surface area contributed by atoms with Gasteiger partial charge in [-0.3, -0.25) is 9.59 Å². The molecule has 0 saturated carbocycles. The minimum atomic E-state index is -0.457. The number of nitrogens with zero attached hydrogens (tertiary/aromatic N) is 3. The summed E-state index contributed by atoms with van der Waals surface area (Å²) in [6.45, 7) is 0. The summed E-state index contributed by atoms with van der Waals surface area (Å²) in [6.07, 6.45) is 1.43. The lowest BCUT2D eigenvalue weighted by atomic mass is 10.2. The van der Waals surface area contributed by atoms with E-state index in [1.54, 1.807) is 12.1 Å². The molecular weight excluding hydrogens is 344 g/mol. The third kappa shape index (κ3) is 2.61. The zero-order chi connectivity index (χ0) is 14.1. The summed E-state index contributed by atoms with van der Waals surface area (Å²) >= 11 is 4.59. The van der Waals surface area contributed by atoms with E-state index in [1.165, 1.54) is 22.8 Å². The lowest BCUT2D eigenvalue weighted by molar-refractivity contribution is -0.116. The molecule has 0 spiro atoms. The zero-order valence-electron chi connectivity index (χ0n) is 10.1. The number of amides is 1. The molecule has 20 heavy (non-hydrogen) atoms. The SMILES string of the molecule is O=C(C[C@@H]1Sc2ncnn2C1=O)Nc1ccc(Br)cc1. The Kier molecular flexibility index (Phi) is 3.58. The van der Waals surface area contributed by atoms with Crippen LogP contribution in [0.3, 0.4) is 0 Å². The van der Waals surface area contributed by atoms with E-state index in [4.69, 9.17) is 0 Å². The maximum absolute atomic E-state index is 11.9. The first-order chi connectivity index (χ1) is 9.63. The Bertz CT molecular complexity index is 670. The average molecular weight is 353 g/mol. The Morgan fingerprint density at radius 3 is 2.85 bits per heavy atom. The molecule has 8 heteroatoms. The van der Waals surface area contributed by atoms with Crippen molar-refractivity contribution >= 4 is 45.2 Å². The second kappa shape index (κ2) is 5.37. The van der Waals surface area contributed by atoms with Gasteiger partial charge < -0.3 is 5.32 Å². The van der Waals surface area contributed by atoms with Crippen molar-refractivity contribution in [2.75, 3.05) is 5.32 Å². The number of benzene rings is 1. The molecule has 0 bridgehead atoms. The molecule has 1 aliphatic rings. The molecule has 2 aromatic rings. The lowest BCUT2D eigenvalue weighted by Gasteiger charge is -2.08. The highest BCUT2D eigenvalue weighted by molar-refractivity contribution is 9.10. The largest absolute Gasteiger partial charge is 0.326 e. The number of carbonyl (C=O) groups excluding carboxylic acids is 2. The van der Waals surface area contributed by atoms with Crippen LogP contribution in [0.4, 0.5) is 5.69 Å². The van der Waals surface area contributed by atoms with Crippen LogP contribution in [-0.2, 0) is 4.79 Å². The van der Waals surface area contributed by atoms with Gasteiger partial charge in [-0.2, -0.15) is 9.78 Å². The third-order valence-corrected chi connectivity index (χ3v) is 4.42. The summed E-state index contributed by atoms with van der Waals surface area (Å²) in [5.41, 5.74) is 0.699. The number of thioether (sulfide) groups is 1. The highest BCUT2D eigenvalue weighted by atomic mass is 79.9. The summed E-state index contributed by atoms with van der Waals surface area (Å²) in [4.78, 5) is 27.8. The van der Waals surface area contributed by atoms with Crippen molar-refractivity contribution in [3.05, 3.63) is 35.1 Å². The van der Waals surface area contributed by atoms with E-state index in [-0.39, 0.29) is 18.2 Å². The van der Waals surface area contributed by atoms with Crippen molar-refractivity contribution in [1.82, 2.24) is 14.8 Å². The standard InChI is InChI=1S/C12H9BrN4O2S/c13-7-1-3-8(4-2-7)16-10(18)5-9-11(19)17-12(20-9)14-6-15-17/h1-4,6,9H,5H2,(H,16,18)/t9-/m0/s1. The molecule has 0 saturated heterocycles. The summed E-state index contributed by atoms with van der Waals surface area (Å²) in [7, 11) is 0. The fourth-order valence-electron chi connectivity index (χ4n) is 1.82. The van der Waals surface area contributed by atoms with E-state index in [2.05, 4.69) is 31.3 Å². The monoisotopic (exact) mass is 352 g/mol. The highest BCUT2D eigenvalue weighted by Gasteiger charge is 2.34. The minimum absolute atomic E-state index is 0.102. The Balaban J connectivity index is 1.62. The van der Waals surface area contributed by atoms with Crippen molar-refractivity contribution in [2.24, 2.45) is 0 Å². The van der Waals surface area contributed by atoms with Crippen molar-refractivity contribution in [1.29, 1.82) is 0 Å². The highest BCUT2D eigenvalue weighted by Crippen LogP contribution is 2.31. The van der Waals surface area contributed by atoms with Crippen LogP contribution in [0.25, 0.3) is 0 Å². The van der Waals surface area contributed by atoms with E-state index < -0.39 is 5.25 Å². The Labute approximate surface area is 127 Å². The molecule has 0 unspecified atom stereocenters. The second-order valence-electron chi connectivity index (χ2n) is 4.16. The number of nitrogens with one attached hydrogen (secondary N) is 1. The van der Waals surface area contributed by atoms with E-state index in [1.807, 2.05) is 12.1 Å². The molecule has 1 atom stereocenters. The van der Waals surface area contributed by atoms with Gasteiger partial charge in [0.25, 0.3) is 5.91 Å². The number of anilines is 1. The predicted octanol–water partition coefficient (Wildman–Crippen LogP) is 2.18. The molecular formula is C12H9BrN4O2S. The molecule has 1 aromatic carbocycles. The molecule has 0 aliphatic carbocycles. The Hall–Kier alpha value is -1.67. The molecule has 0 fully saturated rings. The summed E-state index contributed by atoms with van der Waals surface area (Å²) in [5.74, 6) is -0.405. The molecule has 1 aromatic heterocycles. The van der Waals surface area contributed by atoms with E-state index >= 15 is 0 Å². The van der Waals surface area contributed by atoms with E-state index in [0.29, 0.717) is 10.8 Å². The van der Waals surface area contributed by atoms with Crippen LogP contribution in [-0.4, -0.2) is 31.8 Å². The minimum Gasteiger partial charge on any atom is -0.326 e. The molecule has 6 nitrogen and oxygen atoms in total. The van der Waals surface area contributed by atoms with Gasteiger partial charge in [0, 0.05) is 16.6 Å². The number of carbonyl (C=O) groups is 2. The molecule has 2 heterocycles. The average Bonchev–Trinajstić information content (AvgIpc) is 2.97. The van der Waals surface area contributed by atoms with Crippen LogP contribution in [0.15, 0.2) is 40.2 Å². The topological polar surface area (TPSA) is 76.9 Å². The number of aromatic nitrogens is 3. The molecule has 1 amide bonds. The fourth-order valence-corrected chi connectivity index (χ4v) is 3.12. The summed E-state index contributed by atoms with van der Waals surface area (Å²) < 4.78 is 2.18. The van der Waals surface area contributed by atoms with Gasteiger partial charge in [-0.05, 0) is 24.3 Å². The molecule has 1 N–H and O–H groups in total. The molecule has 1 aliphatic heterocycles. The first-order valence-corrected chi connectivity index (χ1v) is 7.47. The number of rotatable bonds is 3. The van der Waals surface area contributed by atoms with Crippen molar-refractivity contribution < 1.29 is 9.59 Å². The van der Waals surface area contributed by atoms with E-state index in [0.717, 1.165) is 4.47 Å². The van der Waals surface area contributed by atoms with Gasteiger partial charge in [0.15, 0.2) is 5.16 Å². The second-order valence-corrected chi connectivity index (χ2v) is 6.24. The van der Waals surface area contributed by atoms with Gasteiger partial charge in [0.05, 0.1) is 0 Å². The Morgan fingerprint density at radius 2 is 2.15 bits per heavy atom. The molecule has 102 valence electrons. The van der Waals surface area contributed by atoms with Crippen LogP contribution in [0.1, 0.15) is 11.2 Å². The van der Waals surface area contributed by atoms with Crippen LogP contribution in [0, 0.1) is 0 Å². The first kappa shape index (κ1) is 13.3.